The van der Waals surface area contributed by atoms with E-state index in [0.29, 0.717) is 12.1 Å². The highest BCUT2D eigenvalue weighted by Crippen LogP contribution is 2.21. The van der Waals surface area contributed by atoms with Crippen molar-refractivity contribution < 1.29 is 9.90 Å². The number of aliphatic carboxylic acids is 1. The van der Waals surface area contributed by atoms with Crippen LogP contribution in [0.15, 0.2) is 48.7 Å². The number of hydrogen-bond acceptors (Lipinski definition) is 2. The highest BCUT2D eigenvalue weighted by atomic mass is 16.4. The molecular formula is C15H15NO2. The smallest absolute Gasteiger partial charge is 0.312 e. The quantitative estimate of drug-likeness (QED) is 0.895. The van der Waals surface area contributed by atoms with Crippen LogP contribution in [-0.4, -0.2) is 16.1 Å². The van der Waals surface area contributed by atoms with Crippen molar-refractivity contribution in [1.29, 1.82) is 0 Å². The summed E-state index contributed by atoms with van der Waals surface area (Å²) >= 11 is 0. The van der Waals surface area contributed by atoms with Crippen molar-refractivity contribution in [2.24, 2.45) is 0 Å². The monoisotopic (exact) mass is 241 g/mol. The Hall–Kier alpha value is -2.16. The SMILES string of the molecule is Cc1ccccc1CC(C(=O)O)c1ccccn1. The Bertz CT molecular complexity index is 537. The van der Waals surface area contributed by atoms with Crippen molar-refractivity contribution in [3.05, 3.63) is 65.5 Å². The Balaban J connectivity index is 2.28. The molecule has 1 unspecified atom stereocenters. The maximum Gasteiger partial charge on any atom is 0.312 e. The fourth-order valence-electron chi connectivity index (χ4n) is 1.96. The van der Waals surface area contributed by atoms with E-state index in [2.05, 4.69) is 4.98 Å². The fourth-order valence-corrected chi connectivity index (χ4v) is 1.96. The van der Waals surface area contributed by atoms with Crippen LogP contribution < -0.4 is 0 Å². The molecule has 0 saturated carbocycles. The number of carboxylic acid groups (broad SMARTS) is 1. The van der Waals surface area contributed by atoms with E-state index in [1.54, 1.807) is 18.3 Å². The molecule has 0 amide bonds. The average molecular weight is 241 g/mol. The molecule has 0 fully saturated rings. The van der Waals surface area contributed by atoms with E-state index < -0.39 is 11.9 Å². The molecule has 0 spiro atoms. The second-order valence-electron chi connectivity index (χ2n) is 4.28. The van der Waals surface area contributed by atoms with Crippen LogP contribution in [0.5, 0.6) is 0 Å². The molecule has 1 aromatic heterocycles. The van der Waals surface area contributed by atoms with Gasteiger partial charge in [-0.2, -0.15) is 0 Å². The van der Waals surface area contributed by atoms with Gasteiger partial charge in [0.25, 0.3) is 0 Å². The van der Waals surface area contributed by atoms with Crippen molar-refractivity contribution in [2.45, 2.75) is 19.3 Å². The predicted molar refractivity (Wildman–Crippen MR) is 69.5 cm³/mol. The lowest BCUT2D eigenvalue weighted by molar-refractivity contribution is -0.138. The van der Waals surface area contributed by atoms with Crippen molar-refractivity contribution in [2.75, 3.05) is 0 Å². The lowest BCUT2D eigenvalue weighted by Crippen LogP contribution is -2.16. The molecule has 1 heterocycles. The molecule has 3 nitrogen and oxygen atoms in total. The number of rotatable bonds is 4. The minimum atomic E-state index is -0.836. The molecular weight excluding hydrogens is 226 g/mol. The van der Waals surface area contributed by atoms with Gasteiger partial charge in [0.15, 0.2) is 0 Å². The van der Waals surface area contributed by atoms with Gasteiger partial charge in [-0.25, -0.2) is 0 Å². The normalized spacial score (nSPS) is 12.1. The number of benzene rings is 1. The molecule has 0 aliphatic rings. The van der Waals surface area contributed by atoms with Crippen LogP contribution in [0, 0.1) is 6.92 Å². The first kappa shape index (κ1) is 12.3. The number of aryl methyl sites for hydroxylation is 1. The summed E-state index contributed by atoms with van der Waals surface area (Å²) in [6, 6.07) is 13.2. The first-order valence-corrected chi connectivity index (χ1v) is 5.86. The largest absolute Gasteiger partial charge is 0.481 e. The highest BCUT2D eigenvalue weighted by molar-refractivity contribution is 5.75. The fraction of sp³-hybridized carbons (Fsp3) is 0.200. The summed E-state index contributed by atoms with van der Waals surface area (Å²) in [5.74, 6) is -1.43. The summed E-state index contributed by atoms with van der Waals surface area (Å²) in [6.45, 7) is 1.99. The zero-order chi connectivity index (χ0) is 13.0. The van der Waals surface area contributed by atoms with Crippen LogP contribution in [0.1, 0.15) is 22.7 Å². The van der Waals surface area contributed by atoms with Crippen molar-refractivity contribution in [1.82, 2.24) is 4.98 Å². The number of hydrogen-bond donors (Lipinski definition) is 1. The van der Waals surface area contributed by atoms with Gasteiger partial charge in [-0.05, 0) is 36.6 Å². The number of aromatic nitrogens is 1. The van der Waals surface area contributed by atoms with Gasteiger partial charge in [0, 0.05) is 6.20 Å². The van der Waals surface area contributed by atoms with Crippen LogP contribution in [0.25, 0.3) is 0 Å². The van der Waals surface area contributed by atoms with E-state index in [4.69, 9.17) is 0 Å². The summed E-state index contributed by atoms with van der Waals surface area (Å²) in [7, 11) is 0. The molecule has 0 saturated heterocycles. The molecule has 1 N–H and O–H groups in total. The Kier molecular flexibility index (Phi) is 3.72. The lowest BCUT2D eigenvalue weighted by atomic mass is 9.93. The lowest BCUT2D eigenvalue weighted by Gasteiger charge is -2.13. The Morgan fingerprint density at radius 2 is 1.94 bits per heavy atom. The average Bonchev–Trinajstić information content (AvgIpc) is 2.38. The van der Waals surface area contributed by atoms with E-state index in [-0.39, 0.29) is 0 Å². The Morgan fingerprint density at radius 3 is 2.56 bits per heavy atom. The maximum absolute atomic E-state index is 11.4. The molecule has 1 aromatic carbocycles. The third kappa shape index (κ3) is 2.74. The third-order valence-electron chi connectivity index (χ3n) is 3.03. The zero-order valence-electron chi connectivity index (χ0n) is 10.2. The van der Waals surface area contributed by atoms with Crippen molar-refractivity contribution >= 4 is 5.97 Å². The maximum atomic E-state index is 11.4. The first-order valence-electron chi connectivity index (χ1n) is 5.86. The zero-order valence-corrected chi connectivity index (χ0v) is 10.2. The number of carbonyl (C=O) groups is 1. The van der Waals surface area contributed by atoms with Crippen LogP contribution in [-0.2, 0) is 11.2 Å². The van der Waals surface area contributed by atoms with Gasteiger partial charge in [0.2, 0.25) is 0 Å². The number of pyridine rings is 1. The van der Waals surface area contributed by atoms with Gasteiger partial charge < -0.3 is 5.11 Å². The molecule has 1 atom stereocenters. The number of carboxylic acids is 1. The standard InChI is InChI=1S/C15H15NO2/c1-11-6-2-3-7-12(11)10-13(15(17)18)14-8-4-5-9-16-14/h2-9,13H,10H2,1H3,(H,17,18). The molecule has 0 radical (unpaired) electrons. The second kappa shape index (κ2) is 5.45. The second-order valence-corrected chi connectivity index (χ2v) is 4.28. The minimum Gasteiger partial charge on any atom is -0.481 e. The Labute approximate surface area is 106 Å². The van der Waals surface area contributed by atoms with Gasteiger partial charge in [0.1, 0.15) is 5.92 Å². The van der Waals surface area contributed by atoms with Gasteiger partial charge >= 0.3 is 5.97 Å². The van der Waals surface area contributed by atoms with E-state index in [9.17, 15) is 9.90 Å². The molecule has 18 heavy (non-hydrogen) atoms. The summed E-state index contributed by atoms with van der Waals surface area (Å²) in [4.78, 5) is 15.5. The summed E-state index contributed by atoms with van der Waals surface area (Å²) in [5, 5.41) is 9.34. The van der Waals surface area contributed by atoms with Gasteiger partial charge in [-0.15, -0.1) is 0 Å². The van der Waals surface area contributed by atoms with Crippen molar-refractivity contribution in [3.63, 3.8) is 0 Å². The third-order valence-corrected chi connectivity index (χ3v) is 3.03. The summed E-state index contributed by atoms with van der Waals surface area (Å²) in [5.41, 5.74) is 2.77. The minimum absolute atomic E-state index is 0.471. The first-order chi connectivity index (χ1) is 8.68. The molecule has 0 bridgehead atoms. The van der Waals surface area contributed by atoms with Gasteiger partial charge in [0.05, 0.1) is 5.69 Å². The highest BCUT2D eigenvalue weighted by Gasteiger charge is 2.21. The van der Waals surface area contributed by atoms with Gasteiger partial charge in [-0.1, -0.05) is 30.3 Å². The predicted octanol–water partition coefficient (Wildman–Crippen LogP) is 2.80. The molecule has 0 aliphatic heterocycles. The molecule has 0 aliphatic carbocycles. The van der Waals surface area contributed by atoms with Crippen molar-refractivity contribution in [3.8, 4) is 0 Å². The topological polar surface area (TPSA) is 50.2 Å². The molecule has 2 aromatic rings. The van der Waals surface area contributed by atoms with E-state index in [0.717, 1.165) is 11.1 Å². The van der Waals surface area contributed by atoms with E-state index in [1.165, 1.54) is 0 Å². The van der Waals surface area contributed by atoms with Crippen LogP contribution >= 0.6 is 0 Å². The number of nitrogens with zero attached hydrogens (tertiary/aromatic N) is 1. The van der Waals surface area contributed by atoms with Crippen LogP contribution in [0.2, 0.25) is 0 Å². The molecule has 92 valence electrons. The summed E-state index contributed by atoms with van der Waals surface area (Å²) in [6.07, 6.45) is 2.10. The van der Waals surface area contributed by atoms with Crippen LogP contribution in [0.4, 0.5) is 0 Å². The van der Waals surface area contributed by atoms with Crippen LogP contribution in [0.3, 0.4) is 0 Å². The Morgan fingerprint density at radius 1 is 1.22 bits per heavy atom. The molecule has 2 rings (SSSR count). The van der Waals surface area contributed by atoms with Gasteiger partial charge in [-0.3, -0.25) is 9.78 Å². The molecule has 3 heteroatoms. The summed E-state index contributed by atoms with van der Waals surface area (Å²) < 4.78 is 0. The van der Waals surface area contributed by atoms with E-state index >= 15 is 0 Å². The van der Waals surface area contributed by atoms with E-state index in [1.807, 2.05) is 37.3 Å².